The monoisotopic (exact) mass is 509 g/mol. The minimum absolute atomic E-state index is 0.0370. The van der Waals surface area contributed by atoms with Crippen molar-refractivity contribution in [2.24, 2.45) is 11.8 Å². The molecule has 1 spiro atoms. The zero-order valence-electron chi connectivity index (χ0n) is 21.2. The molecule has 3 amide bonds. The summed E-state index contributed by atoms with van der Waals surface area (Å²) >= 11 is 1.58. The van der Waals surface area contributed by atoms with E-state index in [0.29, 0.717) is 13.1 Å². The van der Waals surface area contributed by atoms with Gasteiger partial charge in [-0.2, -0.15) is 0 Å². The number of likely N-dealkylation sites (tertiary alicyclic amines) is 1. The summed E-state index contributed by atoms with van der Waals surface area (Å²) in [6.07, 6.45) is 9.95. The van der Waals surface area contributed by atoms with Crippen LogP contribution in [0.5, 0.6) is 0 Å². The van der Waals surface area contributed by atoms with Crippen LogP contribution in [0, 0.1) is 11.8 Å². The number of aliphatic hydroxyl groups excluding tert-OH is 1. The predicted molar refractivity (Wildman–Crippen MR) is 141 cm³/mol. The first-order valence-electron chi connectivity index (χ1n) is 12.9. The molecule has 7 nitrogen and oxygen atoms in total. The van der Waals surface area contributed by atoms with Crippen LogP contribution in [-0.2, 0) is 14.4 Å². The minimum atomic E-state index is -0.872. The number of carbonyl (C=O) groups is 3. The highest BCUT2D eigenvalue weighted by Gasteiger charge is 2.74. The van der Waals surface area contributed by atoms with Crippen molar-refractivity contribution in [1.82, 2.24) is 9.80 Å². The number of benzene rings is 1. The van der Waals surface area contributed by atoms with Gasteiger partial charge in [0.25, 0.3) is 0 Å². The van der Waals surface area contributed by atoms with E-state index in [0.717, 1.165) is 18.5 Å². The number of fused-ring (bicyclic) bond motifs is 2. The van der Waals surface area contributed by atoms with Crippen molar-refractivity contribution in [3.05, 3.63) is 54.6 Å². The average molecular weight is 510 g/mol. The molecule has 1 aromatic carbocycles. The number of rotatable bonds is 6. The number of amides is 3. The van der Waals surface area contributed by atoms with Crippen LogP contribution in [0.2, 0.25) is 0 Å². The number of anilines is 1. The molecular weight excluding hydrogens is 474 g/mol. The summed E-state index contributed by atoms with van der Waals surface area (Å²) in [4.78, 5) is 47.6. The van der Waals surface area contributed by atoms with Crippen LogP contribution in [-0.4, -0.2) is 80.4 Å². The Morgan fingerprint density at radius 3 is 2.44 bits per heavy atom. The van der Waals surface area contributed by atoms with Crippen molar-refractivity contribution >= 4 is 35.2 Å². The van der Waals surface area contributed by atoms with Gasteiger partial charge in [0.15, 0.2) is 0 Å². The van der Waals surface area contributed by atoms with Crippen molar-refractivity contribution in [2.45, 2.75) is 55.2 Å². The van der Waals surface area contributed by atoms with Crippen LogP contribution in [0.3, 0.4) is 0 Å². The first-order chi connectivity index (χ1) is 17.3. The Morgan fingerprint density at radius 2 is 1.75 bits per heavy atom. The summed E-state index contributed by atoms with van der Waals surface area (Å²) in [5.41, 5.74) is 0.795. The fourth-order valence-electron chi connectivity index (χ4n) is 6.70. The summed E-state index contributed by atoms with van der Waals surface area (Å²) < 4.78 is -1.51. The summed E-state index contributed by atoms with van der Waals surface area (Å²) in [5.74, 6) is -1.71. The quantitative estimate of drug-likeness (QED) is 0.597. The standard InChI is InChI=1S/C28H35N3O4S/c1-4-10-19(2)29-15-9-14-28-22(25(34)31(17-18-32)23(28)26(29)35)21-24(33)30(20-11-6-5-7-12-20)16-8-13-27(21,3)36-28/h5-9,11-14,19,21-23,32H,4,10,15-18H2,1-3H3/t19?,21-,22-,23?,27+,28-/m0/s1. The molecule has 4 aliphatic rings. The molecule has 2 fully saturated rings. The molecular formula is C28H35N3O4S. The number of para-hydroxylation sites is 1. The molecule has 4 heterocycles. The lowest BCUT2D eigenvalue weighted by molar-refractivity contribution is -0.144. The van der Waals surface area contributed by atoms with E-state index in [4.69, 9.17) is 0 Å². The van der Waals surface area contributed by atoms with Crippen LogP contribution in [0.1, 0.15) is 33.6 Å². The van der Waals surface area contributed by atoms with E-state index in [2.05, 4.69) is 19.9 Å². The molecule has 0 radical (unpaired) electrons. The summed E-state index contributed by atoms with van der Waals surface area (Å²) in [5, 5.41) is 9.85. The second-order valence-corrected chi connectivity index (χ2v) is 12.3. The molecule has 0 aliphatic carbocycles. The van der Waals surface area contributed by atoms with Gasteiger partial charge in [0.2, 0.25) is 17.7 Å². The van der Waals surface area contributed by atoms with Crippen molar-refractivity contribution < 1.29 is 19.5 Å². The highest BCUT2D eigenvalue weighted by Crippen LogP contribution is 2.65. The average Bonchev–Trinajstić information content (AvgIpc) is 3.11. The third-order valence-corrected chi connectivity index (χ3v) is 10.0. The number of thioether (sulfide) groups is 1. The summed E-state index contributed by atoms with van der Waals surface area (Å²) in [6.45, 7) is 6.94. The number of hydrogen-bond donors (Lipinski definition) is 1. The Morgan fingerprint density at radius 1 is 1.03 bits per heavy atom. The molecule has 2 saturated heterocycles. The zero-order chi connectivity index (χ0) is 25.7. The maximum absolute atomic E-state index is 14.2. The van der Waals surface area contributed by atoms with E-state index in [1.807, 2.05) is 60.4 Å². The second kappa shape index (κ2) is 9.38. The molecule has 2 unspecified atom stereocenters. The summed E-state index contributed by atoms with van der Waals surface area (Å²) in [7, 11) is 0. The van der Waals surface area contributed by atoms with Crippen LogP contribution in [0.15, 0.2) is 54.6 Å². The van der Waals surface area contributed by atoms with E-state index in [1.54, 1.807) is 21.6 Å². The lowest BCUT2D eigenvalue weighted by Crippen LogP contribution is -2.55. The first-order valence-corrected chi connectivity index (χ1v) is 13.7. The molecule has 0 aromatic heterocycles. The van der Waals surface area contributed by atoms with Crippen molar-refractivity contribution in [1.29, 1.82) is 0 Å². The fourth-order valence-corrected chi connectivity index (χ4v) is 8.85. The third kappa shape index (κ3) is 3.64. The van der Waals surface area contributed by atoms with E-state index < -0.39 is 27.4 Å². The Balaban J connectivity index is 1.62. The normalized spacial score (nSPS) is 34.4. The Hall–Kier alpha value is -2.58. The molecule has 0 saturated carbocycles. The summed E-state index contributed by atoms with van der Waals surface area (Å²) in [6, 6.07) is 8.82. The van der Waals surface area contributed by atoms with Crippen LogP contribution in [0.25, 0.3) is 0 Å². The van der Waals surface area contributed by atoms with Gasteiger partial charge in [-0.15, -0.1) is 11.8 Å². The lowest BCUT2D eigenvalue weighted by atomic mass is 9.74. The van der Waals surface area contributed by atoms with Gasteiger partial charge in [0.05, 0.1) is 23.2 Å². The maximum Gasteiger partial charge on any atom is 0.247 e. The van der Waals surface area contributed by atoms with Crippen molar-refractivity contribution in [3.8, 4) is 0 Å². The van der Waals surface area contributed by atoms with Crippen LogP contribution in [0.4, 0.5) is 5.69 Å². The minimum Gasteiger partial charge on any atom is -0.395 e. The molecule has 1 aromatic rings. The van der Waals surface area contributed by atoms with Gasteiger partial charge >= 0.3 is 0 Å². The second-order valence-electron chi connectivity index (χ2n) is 10.5. The van der Waals surface area contributed by atoms with E-state index in [9.17, 15) is 19.5 Å². The molecule has 36 heavy (non-hydrogen) atoms. The largest absolute Gasteiger partial charge is 0.395 e. The number of aliphatic hydroxyl groups is 1. The number of β-amino-alcohol motifs (C(OH)–C–C–N with tert-alkyl or cyclic N) is 1. The Bertz CT molecular complexity index is 1110. The van der Waals surface area contributed by atoms with Gasteiger partial charge in [-0.3, -0.25) is 14.4 Å². The number of hydrogen-bond acceptors (Lipinski definition) is 5. The van der Waals surface area contributed by atoms with E-state index in [1.165, 1.54) is 0 Å². The Kier molecular flexibility index (Phi) is 6.53. The van der Waals surface area contributed by atoms with Crippen LogP contribution < -0.4 is 4.90 Å². The van der Waals surface area contributed by atoms with Gasteiger partial charge in [-0.25, -0.2) is 0 Å². The molecule has 6 atom stereocenters. The van der Waals surface area contributed by atoms with Gasteiger partial charge in [-0.05, 0) is 32.4 Å². The van der Waals surface area contributed by atoms with E-state index >= 15 is 0 Å². The molecule has 1 N–H and O–H groups in total. The molecule has 0 bridgehead atoms. The highest BCUT2D eigenvalue weighted by atomic mass is 32.2. The van der Waals surface area contributed by atoms with Crippen LogP contribution >= 0.6 is 11.8 Å². The zero-order valence-corrected chi connectivity index (χ0v) is 22.0. The van der Waals surface area contributed by atoms with Gasteiger partial charge in [0.1, 0.15) is 6.04 Å². The predicted octanol–water partition coefficient (Wildman–Crippen LogP) is 2.86. The SMILES string of the molecule is CCCC(C)N1CC=C[C@]23S[C@]4(C)C=CCN(c5ccccc5)C(=O)[C@@H]4[C@H]2C(=O)N(CCO)C3C1=O. The van der Waals surface area contributed by atoms with Crippen molar-refractivity contribution in [2.75, 3.05) is 31.1 Å². The Labute approximate surface area is 217 Å². The smallest absolute Gasteiger partial charge is 0.247 e. The molecule has 5 rings (SSSR count). The number of carbonyl (C=O) groups excluding carboxylic acids is 3. The lowest BCUT2D eigenvalue weighted by Gasteiger charge is -2.38. The third-order valence-electron chi connectivity index (χ3n) is 8.24. The number of nitrogens with zero attached hydrogens (tertiary/aromatic N) is 3. The first kappa shape index (κ1) is 25.1. The molecule has 192 valence electrons. The van der Waals surface area contributed by atoms with Crippen molar-refractivity contribution in [3.63, 3.8) is 0 Å². The molecule has 4 aliphatic heterocycles. The van der Waals surface area contributed by atoms with Gasteiger partial charge in [-0.1, -0.05) is 55.8 Å². The fraction of sp³-hybridized carbons (Fsp3) is 0.536. The topological polar surface area (TPSA) is 81.2 Å². The van der Waals surface area contributed by atoms with Gasteiger partial charge < -0.3 is 19.8 Å². The van der Waals surface area contributed by atoms with Gasteiger partial charge in [0, 0.05) is 36.1 Å². The highest BCUT2D eigenvalue weighted by molar-refractivity contribution is 8.02. The molecule has 8 heteroatoms. The maximum atomic E-state index is 14.2. The van der Waals surface area contributed by atoms with E-state index in [-0.39, 0.29) is 36.9 Å².